The van der Waals surface area contributed by atoms with Crippen molar-refractivity contribution in [2.75, 3.05) is 12.4 Å². The number of rotatable bonds is 3. The van der Waals surface area contributed by atoms with E-state index in [0.29, 0.717) is 0 Å². The highest BCUT2D eigenvalue weighted by Crippen LogP contribution is 2.34. The molecule has 0 amide bonds. The van der Waals surface area contributed by atoms with E-state index >= 15 is 0 Å². The van der Waals surface area contributed by atoms with Crippen molar-refractivity contribution < 1.29 is 20.1 Å². The first-order valence-corrected chi connectivity index (χ1v) is 16.6. The highest BCUT2D eigenvalue weighted by Gasteiger charge is 2.09. The molecule has 0 bridgehead atoms. The van der Waals surface area contributed by atoms with Crippen LogP contribution in [0.2, 0.25) is 0 Å². The van der Waals surface area contributed by atoms with Crippen LogP contribution in [0.25, 0.3) is 44.1 Å². The van der Waals surface area contributed by atoms with E-state index in [9.17, 15) is 15.3 Å². The number of benzene rings is 4. The second kappa shape index (κ2) is 18.1. The fourth-order valence-electron chi connectivity index (χ4n) is 4.19. The number of alkyl halides is 2. The largest absolute Gasteiger partial charge is 0.508 e. The molecular formula is C32H26BBr3Cl2N2O4. The van der Waals surface area contributed by atoms with Gasteiger partial charge in [-0.1, -0.05) is 24.3 Å². The minimum atomic E-state index is 0.194. The predicted octanol–water partition coefficient (Wildman–Crippen LogP) is 10.5. The summed E-state index contributed by atoms with van der Waals surface area (Å²) >= 11 is 18.8. The number of hydrogen-bond donors (Lipinski definition) is 3. The monoisotopic (exact) mass is 820 g/mol. The lowest BCUT2D eigenvalue weighted by Crippen LogP contribution is -1.86. The molecule has 0 spiro atoms. The lowest BCUT2D eigenvalue weighted by Gasteiger charge is -2.08. The number of aromatic nitrogens is 2. The maximum Gasteiger partial charge on any atom is 0.369 e. The van der Waals surface area contributed by atoms with Crippen molar-refractivity contribution in [1.29, 1.82) is 0 Å². The average molecular weight is 824 g/mol. The molecule has 226 valence electrons. The number of phenols is 3. The highest BCUT2D eigenvalue weighted by atomic mass is 79.9. The third-order valence-electron chi connectivity index (χ3n) is 6.07. The van der Waals surface area contributed by atoms with Gasteiger partial charge in [0, 0.05) is 34.3 Å². The van der Waals surface area contributed by atoms with Crippen LogP contribution < -0.4 is 4.74 Å². The maximum absolute atomic E-state index is 9.86. The summed E-state index contributed by atoms with van der Waals surface area (Å²) in [6.07, 6.45) is 3.43. The summed E-state index contributed by atoms with van der Waals surface area (Å²) in [5.41, 5.74) is 5.48. The normalized spacial score (nSPS) is 9.95. The van der Waals surface area contributed by atoms with E-state index in [1.165, 1.54) is 0 Å². The number of ether oxygens (including phenoxy) is 1. The van der Waals surface area contributed by atoms with Crippen LogP contribution >= 0.6 is 70.5 Å². The summed E-state index contributed by atoms with van der Waals surface area (Å²) in [5, 5.41) is 30.7. The Morgan fingerprint density at radius 3 is 1.41 bits per heavy atom. The van der Waals surface area contributed by atoms with Gasteiger partial charge in [-0.2, -0.15) is 0 Å². The summed E-state index contributed by atoms with van der Waals surface area (Å²) in [6.45, 7) is 0. The van der Waals surface area contributed by atoms with Gasteiger partial charge in [0.15, 0.2) is 0 Å². The van der Waals surface area contributed by atoms with Gasteiger partial charge < -0.3 is 20.1 Å². The molecule has 12 heteroatoms. The van der Waals surface area contributed by atoms with Gasteiger partial charge in [0.2, 0.25) is 0 Å². The third kappa shape index (κ3) is 10.0. The van der Waals surface area contributed by atoms with Crippen molar-refractivity contribution >= 4 is 95.5 Å². The Labute approximate surface area is 290 Å². The first kappa shape index (κ1) is 35.5. The van der Waals surface area contributed by atoms with Crippen molar-refractivity contribution in [2.45, 2.75) is 0 Å². The Morgan fingerprint density at radius 1 is 0.636 bits per heavy atom. The second-order valence-corrected chi connectivity index (χ2v) is 15.9. The van der Waals surface area contributed by atoms with Crippen LogP contribution in [-0.4, -0.2) is 40.9 Å². The van der Waals surface area contributed by atoms with E-state index in [0.717, 1.165) is 49.8 Å². The van der Waals surface area contributed by atoms with Crippen LogP contribution in [0.1, 0.15) is 0 Å². The third-order valence-corrected chi connectivity index (χ3v) is 6.07. The molecule has 2 heterocycles. The van der Waals surface area contributed by atoms with E-state index in [-0.39, 0.29) is 25.8 Å². The Kier molecular flexibility index (Phi) is 14.6. The van der Waals surface area contributed by atoms with Crippen LogP contribution in [0.15, 0.2) is 109 Å². The van der Waals surface area contributed by atoms with Crippen LogP contribution in [0.3, 0.4) is 0 Å². The topological polar surface area (TPSA) is 95.7 Å². The Balaban J connectivity index is 0.000000199. The van der Waals surface area contributed by atoms with Gasteiger partial charge in [0.25, 0.3) is 0 Å². The molecule has 6 rings (SSSR count). The van der Waals surface area contributed by atoms with Crippen LogP contribution in [0.4, 0.5) is 0 Å². The molecule has 44 heavy (non-hydrogen) atoms. The molecule has 3 N–H and O–H groups in total. The van der Waals surface area contributed by atoms with E-state index in [1.807, 2.05) is 66.7 Å². The van der Waals surface area contributed by atoms with E-state index < -0.39 is 0 Å². The fourth-order valence-corrected chi connectivity index (χ4v) is 4.19. The molecule has 4 aromatic carbocycles. The molecule has 0 aliphatic rings. The first-order chi connectivity index (χ1) is 21.2. The average Bonchev–Trinajstić information content (AvgIpc) is 3.03. The number of hydrogen-bond acceptors (Lipinski definition) is 6. The number of halogens is 5. The summed E-state index contributed by atoms with van der Waals surface area (Å²) in [4.78, 5) is 8.69. The zero-order chi connectivity index (χ0) is 32.1. The molecule has 0 saturated carbocycles. The summed E-state index contributed by atoms with van der Waals surface area (Å²) in [6, 6.07) is 29.1. The van der Waals surface area contributed by atoms with Crippen LogP contribution in [0, 0.1) is 0 Å². The van der Waals surface area contributed by atoms with Crippen LogP contribution in [0.5, 0.6) is 23.0 Å². The van der Waals surface area contributed by atoms with Gasteiger partial charge in [0.1, 0.15) is 23.0 Å². The fraction of sp³-hybridized carbons (Fsp3) is 0.0625. The predicted molar refractivity (Wildman–Crippen MR) is 195 cm³/mol. The van der Waals surface area contributed by atoms with Crippen molar-refractivity contribution in [3.8, 4) is 45.3 Å². The maximum atomic E-state index is 9.86. The zero-order valence-electron chi connectivity index (χ0n) is 23.2. The van der Waals surface area contributed by atoms with Crippen molar-refractivity contribution in [2.24, 2.45) is 0 Å². The Morgan fingerprint density at radius 2 is 1.02 bits per heavy atom. The molecule has 2 aromatic heterocycles. The lowest BCUT2D eigenvalue weighted by molar-refractivity contribution is 0.415. The molecule has 0 atom stereocenters. The molecule has 0 aliphatic heterocycles. The van der Waals surface area contributed by atoms with E-state index in [4.69, 9.17) is 27.9 Å². The molecule has 0 aliphatic carbocycles. The number of fused-ring (bicyclic) bond motifs is 2. The van der Waals surface area contributed by atoms with Crippen LogP contribution in [-0.2, 0) is 0 Å². The number of aromatic hydroxyl groups is 3. The molecule has 0 radical (unpaired) electrons. The second-order valence-electron chi connectivity index (χ2n) is 8.69. The van der Waals surface area contributed by atoms with Crippen molar-refractivity contribution in [1.82, 2.24) is 9.97 Å². The van der Waals surface area contributed by atoms with Gasteiger partial charge >= 0.3 is 3.18 Å². The molecular weight excluding hydrogens is 798 g/mol. The number of nitrogens with zero attached hydrogens (tertiary/aromatic N) is 2. The summed E-state index contributed by atoms with van der Waals surface area (Å²) < 4.78 is 5.43. The molecule has 0 unspecified atom stereocenters. The lowest BCUT2D eigenvalue weighted by atomic mass is 10.0. The Hall–Kier alpha value is -3.02. The van der Waals surface area contributed by atoms with Gasteiger partial charge in [0.05, 0.1) is 23.5 Å². The summed E-state index contributed by atoms with van der Waals surface area (Å²) in [7, 11) is 1.65. The van der Waals surface area contributed by atoms with E-state index in [2.05, 4.69) is 57.2 Å². The van der Waals surface area contributed by atoms with Gasteiger partial charge in [-0.3, -0.25) is 9.97 Å². The van der Waals surface area contributed by atoms with Gasteiger partial charge in [-0.25, -0.2) is 0 Å². The van der Waals surface area contributed by atoms with Crippen molar-refractivity contribution in [3.05, 3.63) is 109 Å². The van der Waals surface area contributed by atoms with E-state index in [1.54, 1.807) is 49.8 Å². The molecule has 6 nitrogen and oxygen atoms in total. The highest BCUT2D eigenvalue weighted by molar-refractivity contribution is 9.69. The van der Waals surface area contributed by atoms with Gasteiger partial charge in [-0.05, 0) is 83.9 Å². The van der Waals surface area contributed by atoms with Gasteiger partial charge in [-0.15, -0.1) is 70.5 Å². The first-order valence-electron chi connectivity index (χ1n) is 12.8. The standard InChI is InChI=1S/C16H13NO2.C15H11NO2.CH2Cl2.BBr3/c1-19-12-6-4-11(5-7-12)13-8-9-15(18)14-3-2-10-17-16(13)14;17-11-5-3-10(4-6-11)12-7-8-14(18)13-2-1-9-16-15(12)13;2-1-3;2-1(3)4/h2-10,18H,1H3;1-9,17-18H;1H2;. The molecule has 6 aromatic rings. The number of phenolic OH excluding ortho intramolecular Hbond substituents is 3. The summed E-state index contributed by atoms with van der Waals surface area (Å²) in [5.74, 6) is 1.52. The minimum absolute atomic E-state index is 0.194. The zero-order valence-corrected chi connectivity index (χ0v) is 29.5. The molecule has 0 fully saturated rings. The molecule has 0 saturated heterocycles. The smallest absolute Gasteiger partial charge is 0.369 e. The number of methoxy groups -OCH3 is 1. The minimum Gasteiger partial charge on any atom is -0.508 e. The Bertz CT molecular complexity index is 1780. The van der Waals surface area contributed by atoms with Crippen molar-refractivity contribution in [3.63, 3.8) is 0 Å². The number of pyridine rings is 2. The SMILES string of the molecule is BrB(Br)Br.COc1ccc(-c2ccc(O)c3cccnc23)cc1.ClCCl.Oc1ccc(-c2ccc(O)c3cccnc23)cc1. The quantitative estimate of drug-likeness (QED) is 0.122.